The Labute approximate surface area is 155 Å². The Morgan fingerprint density at radius 2 is 2.08 bits per heavy atom. The standard InChI is InChI=1S/C19H16Cl2FNO2/c20-13-5-3-12(15(21)10-13)4-6-16(24)19(22)8-7-18(11-25-18)17-14(19)2-1-9-23-17/h1-3,5,9-10H,4,6-8,11H2/t18-,19-/m0/s1. The molecular formula is C19H16Cl2FNO2. The predicted octanol–water partition coefficient (Wildman–Crippen LogP) is 4.77. The van der Waals surface area contributed by atoms with Crippen molar-refractivity contribution in [2.24, 2.45) is 0 Å². The highest BCUT2D eigenvalue weighted by molar-refractivity contribution is 6.35. The van der Waals surface area contributed by atoms with Gasteiger partial charge in [-0.3, -0.25) is 9.78 Å². The third kappa shape index (κ3) is 2.86. The van der Waals surface area contributed by atoms with Gasteiger partial charge in [-0.15, -0.1) is 0 Å². The molecule has 0 unspecified atom stereocenters. The number of carbonyl (C=O) groups is 1. The zero-order valence-corrected chi connectivity index (χ0v) is 14.9. The highest BCUT2D eigenvalue weighted by atomic mass is 35.5. The van der Waals surface area contributed by atoms with E-state index in [1.165, 1.54) is 0 Å². The number of carbonyl (C=O) groups excluding carboxylic acids is 1. The van der Waals surface area contributed by atoms with Crippen molar-refractivity contribution in [3.63, 3.8) is 0 Å². The summed E-state index contributed by atoms with van der Waals surface area (Å²) in [5, 5.41) is 1.02. The summed E-state index contributed by atoms with van der Waals surface area (Å²) in [4.78, 5) is 17.1. The summed E-state index contributed by atoms with van der Waals surface area (Å²) in [6.45, 7) is 0.543. The summed E-state index contributed by atoms with van der Waals surface area (Å²) in [6.07, 6.45) is 2.66. The smallest absolute Gasteiger partial charge is 0.195 e. The highest BCUT2D eigenvalue weighted by Crippen LogP contribution is 2.53. The van der Waals surface area contributed by atoms with Crippen LogP contribution in [0.5, 0.6) is 0 Å². The van der Waals surface area contributed by atoms with Gasteiger partial charge in [-0.1, -0.05) is 35.3 Å². The Bertz CT molecular complexity index is 853. The van der Waals surface area contributed by atoms with E-state index >= 15 is 4.39 Å². The molecule has 2 atom stereocenters. The van der Waals surface area contributed by atoms with E-state index < -0.39 is 17.1 Å². The van der Waals surface area contributed by atoms with Gasteiger partial charge in [-0.2, -0.15) is 0 Å². The fraction of sp³-hybridized carbons (Fsp3) is 0.368. The van der Waals surface area contributed by atoms with Crippen molar-refractivity contribution in [2.75, 3.05) is 6.61 Å². The Hall–Kier alpha value is -1.49. The first kappa shape index (κ1) is 17.0. The largest absolute Gasteiger partial charge is 0.363 e. The number of aromatic nitrogens is 1. The Balaban J connectivity index is 1.57. The van der Waals surface area contributed by atoms with E-state index in [9.17, 15) is 4.79 Å². The molecule has 1 aromatic heterocycles. The first-order valence-electron chi connectivity index (χ1n) is 8.21. The fourth-order valence-electron chi connectivity index (χ4n) is 3.54. The van der Waals surface area contributed by atoms with Gasteiger partial charge in [0.25, 0.3) is 0 Å². The zero-order chi connectivity index (χ0) is 17.7. The van der Waals surface area contributed by atoms with Gasteiger partial charge in [-0.25, -0.2) is 4.39 Å². The topological polar surface area (TPSA) is 42.5 Å². The minimum atomic E-state index is -2.01. The second-order valence-electron chi connectivity index (χ2n) is 6.64. The van der Waals surface area contributed by atoms with Crippen molar-refractivity contribution < 1.29 is 13.9 Å². The number of alkyl halides is 1. The number of benzene rings is 1. The third-order valence-corrected chi connectivity index (χ3v) is 5.70. The van der Waals surface area contributed by atoms with Crippen LogP contribution in [0.1, 0.15) is 36.1 Å². The summed E-state index contributed by atoms with van der Waals surface area (Å²) in [7, 11) is 0. The lowest BCUT2D eigenvalue weighted by Gasteiger charge is -2.33. The number of hydrogen-bond acceptors (Lipinski definition) is 3. The molecule has 2 aliphatic rings. The molecule has 0 radical (unpaired) electrons. The Kier molecular flexibility index (Phi) is 4.10. The van der Waals surface area contributed by atoms with Crippen molar-refractivity contribution in [1.82, 2.24) is 4.98 Å². The molecule has 1 aliphatic heterocycles. The quantitative estimate of drug-likeness (QED) is 0.718. The molecule has 25 heavy (non-hydrogen) atoms. The molecule has 2 heterocycles. The van der Waals surface area contributed by atoms with Crippen LogP contribution in [0.3, 0.4) is 0 Å². The molecule has 0 bridgehead atoms. The Morgan fingerprint density at radius 1 is 1.28 bits per heavy atom. The molecule has 1 aromatic carbocycles. The number of fused-ring (bicyclic) bond motifs is 2. The van der Waals surface area contributed by atoms with E-state index in [4.69, 9.17) is 27.9 Å². The van der Waals surface area contributed by atoms with Gasteiger partial charge < -0.3 is 4.74 Å². The second kappa shape index (κ2) is 6.04. The molecular weight excluding hydrogens is 364 g/mol. The van der Waals surface area contributed by atoms with E-state index in [0.717, 1.165) is 5.56 Å². The van der Waals surface area contributed by atoms with Gasteiger partial charge in [0.1, 0.15) is 5.60 Å². The molecule has 1 saturated heterocycles. The zero-order valence-electron chi connectivity index (χ0n) is 13.4. The molecule has 4 rings (SSSR count). The molecule has 1 spiro atoms. The summed E-state index contributed by atoms with van der Waals surface area (Å²) < 4.78 is 21.2. The van der Waals surface area contributed by atoms with Crippen molar-refractivity contribution in [3.8, 4) is 0 Å². The maximum Gasteiger partial charge on any atom is 0.195 e. The molecule has 1 aliphatic carbocycles. The van der Waals surface area contributed by atoms with Crippen LogP contribution < -0.4 is 0 Å². The average Bonchev–Trinajstić information content (AvgIpc) is 3.39. The lowest BCUT2D eigenvalue weighted by molar-refractivity contribution is -0.132. The summed E-state index contributed by atoms with van der Waals surface area (Å²) in [5.74, 6) is -0.441. The summed E-state index contributed by atoms with van der Waals surface area (Å²) >= 11 is 12.0. The number of ketones is 1. The number of aryl methyl sites for hydroxylation is 1. The third-order valence-electron chi connectivity index (χ3n) is 5.11. The number of nitrogens with zero attached hydrogens (tertiary/aromatic N) is 1. The predicted molar refractivity (Wildman–Crippen MR) is 93.7 cm³/mol. The average molecular weight is 380 g/mol. The van der Waals surface area contributed by atoms with Crippen LogP contribution in [0.4, 0.5) is 4.39 Å². The molecule has 6 heteroatoms. The molecule has 130 valence electrons. The SMILES string of the molecule is O=C(CCc1ccc(Cl)cc1Cl)[C@]1(F)CC[C@]2(CO2)c2ncccc21. The summed E-state index contributed by atoms with van der Waals surface area (Å²) in [5.41, 5.74) is -0.786. The van der Waals surface area contributed by atoms with Crippen LogP contribution in [-0.4, -0.2) is 17.4 Å². The molecule has 0 saturated carbocycles. The monoisotopic (exact) mass is 379 g/mol. The second-order valence-corrected chi connectivity index (χ2v) is 7.49. The van der Waals surface area contributed by atoms with E-state index in [1.807, 2.05) is 0 Å². The number of pyridine rings is 1. The molecule has 1 fully saturated rings. The van der Waals surface area contributed by atoms with Gasteiger partial charge in [0.2, 0.25) is 0 Å². The van der Waals surface area contributed by atoms with Gasteiger partial charge in [0, 0.05) is 28.2 Å². The molecule has 3 nitrogen and oxygen atoms in total. The van der Waals surface area contributed by atoms with Crippen molar-refractivity contribution >= 4 is 29.0 Å². The maximum atomic E-state index is 15.7. The fourth-order valence-corrected chi connectivity index (χ4v) is 4.05. The van der Waals surface area contributed by atoms with Crippen molar-refractivity contribution in [3.05, 3.63) is 63.4 Å². The van der Waals surface area contributed by atoms with Crippen molar-refractivity contribution in [2.45, 2.75) is 37.0 Å². The van der Waals surface area contributed by atoms with E-state index in [0.29, 0.717) is 40.8 Å². The normalized spacial score (nSPS) is 27.2. The maximum absolute atomic E-state index is 15.7. The first-order chi connectivity index (χ1) is 11.9. The van der Waals surface area contributed by atoms with E-state index in [-0.39, 0.29) is 12.8 Å². The number of hydrogen-bond donors (Lipinski definition) is 0. The highest BCUT2D eigenvalue weighted by Gasteiger charge is 2.58. The number of epoxide rings is 1. The van der Waals surface area contributed by atoms with Gasteiger partial charge in [-0.05, 0) is 43.0 Å². The van der Waals surface area contributed by atoms with Crippen LogP contribution >= 0.6 is 23.2 Å². The van der Waals surface area contributed by atoms with E-state index in [1.54, 1.807) is 36.5 Å². The van der Waals surface area contributed by atoms with E-state index in [2.05, 4.69) is 4.98 Å². The van der Waals surface area contributed by atoms with Crippen LogP contribution in [0.15, 0.2) is 36.5 Å². The minimum absolute atomic E-state index is 0.0695. The minimum Gasteiger partial charge on any atom is -0.363 e. The number of halogens is 3. The molecule has 0 N–H and O–H groups in total. The summed E-state index contributed by atoms with van der Waals surface area (Å²) in [6, 6.07) is 8.43. The van der Waals surface area contributed by atoms with Gasteiger partial charge >= 0.3 is 0 Å². The lowest BCUT2D eigenvalue weighted by Crippen LogP contribution is -2.39. The molecule has 2 aromatic rings. The first-order valence-corrected chi connectivity index (χ1v) is 8.96. The number of ether oxygens (including phenoxy) is 1. The number of Topliss-reactive ketones (excluding diaryl/α,β-unsaturated/α-hetero) is 1. The van der Waals surface area contributed by atoms with Crippen LogP contribution in [0.2, 0.25) is 10.0 Å². The lowest BCUT2D eigenvalue weighted by atomic mass is 9.74. The molecule has 0 amide bonds. The van der Waals surface area contributed by atoms with Gasteiger partial charge in [0.05, 0.1) is 12.3 Å². The van der Waals surface area contributed by atoms with Crippen LogP contribution in [0.25, 0.3) is 0 Å². The van der Waals surface area contributed by atoms with Crippen LogP contribution in [-0.2, 0) is 27.2 Å². The van der Waals surface area contributed by atoms with Crippen LogP contribution in [0, 0.1) is 0 Å². The Morgan fingerprint density at radius 3 is 2.80 bits per heavy atom. The van der Waals surface area contributed by atoms with Crippen molar-refractivity contribution in [1.29, 1.82) is 0 Å². The number of rotatable bonds is 4. The van der Waals surface area contributed by atoms with Gasteiger partial charge in [0.15, 0.2) is 11.5 Å².